The highest BCUT2D eigenvalue weighted by Gasteiger charge is 2.38. The molecule has 0 fully saturated rings. The number of amides is 1. The summed E-state index contributed by atoms with van der Waals surface area (Å²) < 4.78 is 61.5. The van der Waals surface area contributed by atoms with Gasteiger partial charge in [0.2, 0.25) is 5.91 Å². The van der Waals surface area contributed by atoms with Gasteiger partial charge in [-0.15, -0.1) is 0 Å². The first-order valence-corrected chi connectivity index (χ1v) is 15.4. The van der Waals surface area contributed by atoms with E-state index in [0.29, 0.717) is 28.3 Å². The van der Waals surface area contributed by atoms with Gasteiger partial charge in [-0.3, -0.25) is 19.6 Å². The lowest BCUT2D eigenvalue weighted by Crippen LogP contribution is -2.35. The van der Waals surface area contributed by atoms with E-state index in [4.69, 9.17) is 36.6 Å². The number of carbonyl (C=O) groups excluding carboxylic acids is 1. The number of aromatic nitrogens is 2. The van der Waals surface area contributed by atoms with Crippen LogP contribution in [0.2, 0.25) is 0 Å². The molecule has 0 aliphatic rings. The van der Waals surface area contributed by atoms with E-state index in [0.717, 1.165) is 21.2 Å². The molecule has 1 aromatic heterocycles. The number of nitrogens with two attached hydrogens (primary N) is 2. The third-order valence-electron chi connectivity index (χ3n) is 6.20. The fraction of sp³-hybridized carbons (Fsp3) is 0.355. The molecular weight excluding hydrogens is 708 g/mol. The average Bonchev–Trinajstić information content (AvgIpc) is 3.01. The zero-order valence-corrected chi connectivity index (χ0v) is 29.0. The zero-order chi connectivity index (χ0) is 39.3. The summed E-state index contributed by atoms with van der Waals surface area (Å²) in [6, 6.07) is 12.2. The van der Waals surface area contributed by atoms with Crippen LogP contribution < -0.4 is 32.4 Å². The molecule has 20 heteroatoms. The number of benzene rings is 2. The molecule has 0 saturated heterocycles. The van der Waals surface area contributed by atoms with Gasteiger partial charge in [0.05, 0.1) is 18.0 Å². The predicted molar refractivity (Wildman–Crippen MR) is 183 cm³/mol. The predicted octanol–water partition coefficient (Wildman–Crippen LogP) is 4.26. The molecule has 9 N–H and O–H groups in total. The lowest BCUT2D eigenvalue weighted by molar-refractivity contribution is -0.192. The highest BCUT2D eigenvalue weighted by molar-refractivity contribution is 7.20. The quantitative estimate of drug-likeness (QED) is 0.0454. The van der Waals surface area contributed by atoms with Crippen LogP contribution in [0.15, 0.2) is 53.5 Å². The first-order valence-electron chi connectivity index (χ1n) is 14.8. The van der Waals surface area contributed by atoms with E-state index < -0.39 is 29.3 Å². The second-order valence-corrected chi connectivity index (χ2v) is 11.7. The molecule has 0 spiro atoms. The Kier molecular flexibility index (Phi) is 16.4. The van der Waals surface area contributed by atoms with Crippen molar-refractivity contribution in [1.29, 1.82) is 5.41 Å². The molecule has 2 unspecified atom stereocenters. The van der Waals surface area contributed by atoms with E-state index in [1.54, 1.807) is 48.7 Å². The molecule has 0 radical (unpaired) electrons. The van der Waals surface area contributed by atoms with Gasteiger partial charge in [-0.2, -0.15) is 22.0 Å². The Bertz CT molecular complexity index is 1710. The van der Waals surface area contributed by atoms with Crippen LogP contribution in [0.5, 0.6) is 5.75 Å². The highest BCUT2D eigenvalue weighted by Crippen LogP contribution is 2.28. The largest absolute Gasteiger partial charge is 0.491 e. The number of halogens is 5. The van der Waals surface area contributed by atoms with E-state index in [1.165, 1.54) is 4.57 Å². The van der Waals surface area contributed by atoms with Crippen LogP contribution in [0.4, 0.5) is 33.5 Å². The number of hydrogen-bond donors (Lipinski definition) is 7. The molecule has 0 saturated carbocycles. The molecule has 51 heavy (non-hydrogen) atoms. The Morgan fingerprint density at radius 2 is 1.59 bits per heavy atom. The van der Waals surface area contributed by atoms with Crippen molar-refractivity contribution in [2.24, 2.45) is 5.73 Å². The summed E-state index contributed by atoms with van der Waals surface area (Å²) in [5.74, 6) is -4.52. The molecule has 0 aliphatic carbocycles. The minimum atomic E-state index is -5.08. The number of hydrogen-bond acceptors (Lipinski definition) is 9. The lowest BCUT2D eigenvalue weighted by Gasteiger charge is -2.18. The Hall–Kier alpha value is -5.32. The number of carboxylic acids is 2. The van der Waals surface area contributed by atoms with Crippen LogP contribution in [0.25, 0.3) is 11.3 Å². The van der Waals surface area contributed by atoms with Gasteiger partial charge < -0.3 is 37.1 Å². The number of aliphatic carboxylic acids is 2. The standard InChI is InChI=1S/C27H35N7O3.C2HF3O2.C2H3F2O2P/c1-5-17(4)37-22-11-20(10-21(28)12-22)23-14-32-26(33-16(2)3)27(36)34(23)15-24(35)31-13-18-6-8-19(9-7-18)25(29)30;3-2(4,5)1(6)7;3-2(4,7)1(5)6/h6-12,14,16-17H,5,13,15,28H2,1-4H3,(H3,29,30)(H,31,35)(H,32,33);(H,6,7);7H2,(H,5,6). The second-order valence-electron chi connectivity index (χ2n) is 10.9. The van der Waals surface area contributed by atoms with E-state index in [-0.39, 0.29) is 42.8 Å². The molecule has 14 nitrogen and oxygen atoms in total. The summed E-state index contributed by atoms with van der Waals surface area (Å²) in [4.78, 5) is 48.8. The van der Waals surface area contributed by atoms with Gasteiger partial charge in [0, 0.05) is 35.5 Å². The normalized spacial score (nSPS) is 11.6. The molecular formula is C31H39F5N7O7P. The van der Waals surface area contributed by atoms with Crippen molar-refractivity contribution in [3.8, 4) is 17.0 Å². The first-order chi connectivity index (χ1) is 23.5. The molecule has 0 bridgehead atoms. The zero-order valence-electron chi connectivity index (χ0n) is 27.8. The topological polar surface area (TPSA) is 236 Å². The van der Waals surface area contributed by atoms with Crippen LogP contribution in [0.1, 0.15) is 45.2 Å². The average molecular weight is 748 g/mol. The third-order valence-corrected chi connectivity index (χ3v) is 6.45. The molecule has 3 aromatic rings. The van der Waals surface area contributed by atoms with Crippen LogP contribution in [0, 0.1) is 5.41 Å². The highest BCUT2D eigenvalue weighted by atomic mass is 31.0. The van der Waals surface area contributed by atoms with Crippen LogP contribution in [0.3, 0.4) is 0 Å². The molecule has 1 heterocycles. The smallest absolute Gasteiger partial charge is 0.490 e. The maximum atomic E-state index is 13.4. The number of rotatable bonds is 12. The maximum absolute atomic E-state index is 13.4. The van der Waals surface area contributed by atoms with Crippen molar-refractivity contribution in [2.75, 3.05) is 11.1 Å². The minimum Gasteiger partial charge on any atom is -0.491 e. The lowest BCUT2D eigenvalue weighted by atomic mass is 10.1. The molecule has 2 aromatic carbocycles. The van der Waals surface area contributed by atoms with Crippen molar-refractivity contribution < 1.29 is 51.3 Å². The van der Waals surface area contributed by atoms with Gasteiger partial charge in [0.15, 0.2) is 5.82 Å². The summed E-state index contributed by atoms with van der Waals surface area (Å²) in [5, 5.41) is 28.0. The van der Waals surface area contributed by atoms with Crippen molar-refractivity contribution in [2.45, 2.75) is 71.2 Å². The molecule has 280 valence electrons. The van der Waals surface area contributed by atoms with Crippen LogP contribution in [-0.4, -0.2) is 67.4 Å². The fourth-order valence-electron chi connectivity index (χ4n) is 3.60. The van der Waals surface area contributed by atoms with Gasteiger partial charge in [0.1, 0.15) is 18.1 Å². The minimum absolute atomic E-state index is 0.0112. The monoisotopic (exact) mass is 747 g/mol. The van der Waals surface area contributed by atoms with E-state index in [9.17, 15) is 36.3 Å². The number of carboxylic acid groups (broad SMARTS) is 2. The number of nitrogens with zero attached hydrogens (tertiary/aromatic N) is 2. The number of anilines is 2. The Labute approximate surface area is 291 Å². The van der Waals surface area contributed by atoms with Crippen LogP contribution in [-0.2, 0) is 27.5 Å². The van der Waals surface area contributed by atoms with E-state index >= 15 is 0 Å². The van der Waals surface area contributed by atoms with Gasteiger partial charge in [0.25, 0.3) is 5.56 Å². The van der Waals surface area contributed by atoms with Gasteiger partial charge in [-0.05, 0) is 54.1 Å². The SMILES string of the molecule is CCC(C)Oc1cc(N)cc(-c2cnc(NC(C)C)c(=O)n2CC(=O)NCc2ccc(C(=N)N)cc2)c1.O=C(O)C(F)(F)F.O=C(O)C(F)(F)P. The number of ether oxygens (including phenoxy) is 1. The van der Waals surface area contributed by atoms with Crippen molar-refractivity contribution >= 4 is 44.4 Å². The molecule has 1 amide bonds. The Morgan fingerprint density at radius 3 is 2.04 bits per heavy atom. The van der Waals surface area contributed by atoms with Gasteiger partial charge in [-0.1, -0.05) is 31.2 Å². The number of nitrogens with one attached hydrogen (secondary N) is 3. The summed E-state index contributed by atoms with van der Waals surface area (Å²) >= 11 is 0. The summed E-state index contributed by atoms with van der Waals surface area (Å²) in [7, 11) is 0.898. The number of carbonyl (C=O) groups is 3. The fourth-order valence-corrected chi connectivity index (χ4v) is 3.60. The summed E-state index contributed by atoms with van der Waals surface area (Å²) in [6.07, 6.45) is -2.71. The third kappa shape index (κ3) is 15.4. The second kappa shape index (κ2) is 19.2. The Morgan fingerprint density at radius 1 is 1.04 bits per heavy atom. The number of nitrogen functional groups attached to an aromatic ring is 2. The number of alkyl halides is 5. The van der Waals surface area contributed by atoms with Gasteiger partial charge >= 0.3 is 23.8 Å². The number of amidine groups is 1. The van der Waals surface area contributed by atoms with Crippen molar-refractivity contribution in [1.82, 2.24) is 14.9 Å². The molecule has 3 rings (SSSR count). The van der Waals surface area contributed by atoms with Crippen molar-refractivity contribution in [3.63, 3.8) is 0 Å². The summed E-state index contributed by atoms with van der Waals surface area (Å²) in [5.41, 5.74) is 10.5. The van der Waals surface area contributed by atoms with Crippen molar-refractivity contribution in [3.05, 3.63) is 70.1 Å². The summed E-state index contributed by atoms with van der Waals surface area (Å²) in [6.45, 7) is 7.83. The van der Waals surface area contributed by atoms with E-state index in [1.807, 2.05) is 27.7 Å². The molecule has 2 atom stereocenters. The first kappa shape index (κ1) is 43.7. The molecule has 0 aliphatic heterocycles. The van der Waals surface area contributed by atoms with Crippen LogP contribution >= 0.6 is 9.24 Å². The van der Waals surface area contributed by atoms with E-state index in [2.05, 4.69) is 15.6 Å². The van der Waals surface area contributed by atoms with Gasteiger partial charge in [-0.25, -0.2) is 14.6 Å². The Balaban J connectivity index is 0.000000780. The maximum Gasteiger partial charge on any atom is 0.490 e.